The minimum atomic E-state index is -3.85. The number of aryl methyl sites for hydroxylation is 1. The van der Waals surface area contributed by atoms with Crippen molar-refractivity contribution in [2.24, 2.45) is 5.73 Å². The normalized spacial score (nSPS) is 12.3. The van der Waals surface area contributed by atoms with Crippen molar-refractivity contribution in [3.8, 4) is 0 Å². The molecule has 0 aliphatic heterocycles. The first-order chi connectivity index (χ1) is 10.8. The lowest BCUT2D eigenvalue weighted by molar-refractivity contribution is 0.0563. The Bertz CT molecular complexity index is 789. The average Bonchev–Trinajstić information content (AvgIpc) is 2.95. The highest BCUT2D eigenvalue weighted by Crippen LogP contribution is 2.21. The molecule has 132 valence electrons. The van der Waals surface area contributed by atoms with E-state index in [2.05, 4.69) is 9.46 Å². The lowest BCUT2D eigenvalue weighted by Crippen LogP contribution is -2.32. The summed E-state index contributed by atoms with van der Waals surface area (Å²) in [6, 6.07) is 9.79. The Morgan fingerprint density at radius 3 is 2.54 bits per heavy atom. The number of halogens is 1. The minimum absolute atomic E-state index is 0. The van der Waals surface area contributed by atoms with E-state index in [9.17, 15) is 13.2 Å². The molecular weight excluding hydrogens is 356 g/mol. The van der Waals surface area contributed by atoms with Crippen LogP contribution in [0.4, 0.5) is 0 Å². The van der Waals surface area contributed by atoms with Crippen molar-refractivity contribution in [1.29, 1.82) is 0 Å². The van der Waals surface area contributed by atoms with E-state index >= 15 is 0 Å². The van der Waals surface area contributed by atoms with Gasteiger partial charge in [-0.15, -0.1) is 12.4 Å². The number of nitrogens with one attached hydrogen (secondary N) is 1. The first-order valence-corrected chi connectivity index (χ1v) is 8.32. The Labute approximate surface area is 146 Å². The SMILES string of the molecule is COC(=O)c1cc(S(=O)(=O)NCC(N)c2ccccc2)c(C)o1.Cl. The molecule has 0 aliphatic rings. The zero-order valence-electron chi connectivity index (χ0n) is 13.2. The number of carbonyl (C=O) groups is 1. The van der Waals surface area contributed by atoms with Crippen molar-refractivity contribution in [2.45, 2.75) is 17.9 Å². The number of hydrogen-bond donors (Lipinski definition) is 2. The van der Waals surface area contributed by atoms with Crippen molar-refractivity contribution >= 4 is 28.4 Å². The Morgan fingerprint density at radius 1 is 1.33 bits per heavy atom. The van der Waals surface area contributed by atoms with Gasteiger partial charge in [-0.3, -0.25) is 0 Å². The summed E-state index contributed by atoms with van der Waals surface area (Å²) in [4.78, 5) is 11.3. The molecule has 2 aromatic rings. The van der Waals surface area contributed by atoms with Crippen LogP contribution in [0.15, 0.2) is 45.7 Å². The van der Waals surface area contributed by atoms with E-state index in [0.29, 0.717) is 0 Å². The molecular formula is C15H19ClN2O5S. The van der Waals surface area contributed by atoms with Gasteiger partial charge in [-0.05, 0) is 12.5 Å². The number of nitrogens with two attached hydrogens (primary N) is 1. The monoisotopic (exact) mass is 374 g/mol. The third-order valence-corrected chi connectivity index (χ3v) is 4.80. The molecule has 1 aromatic heterocycles. The number of esters is 1. The Kier molecular flexibility index (Phi) is 6.97. The van der Waals surface area contributed by atoms with Crippen LogP contribution >= 0.6 is 12.4 Å². The van der Waals surface area contributed by atoms with E-state index in [4.69, 9.17) is 10.2 Å². The van der Waals surface area contributed by atoms with Crippen LogP contribution in [-0.2, 0) is 14.8 Å². The zero-order chi connectivity index (χ0) is 17.0. The molecule has 7 nitrogen and oxygen atoms in total. The number of benzene rings is 1. The zero-order valence-corrected chi connectivity index (χ0v) is 14.8. The van der Waals surface area contributed by atoms with Crippen LogP contribution in [-0.4, -0.2) is 28.0 Å². The van der Waals surface area contributed by atoms with E-state index < -0.39 is 22.0 Å². The number of rotatable bonds is 6. The predicted molar refractivity (Wildman–Crippen MR) is 90.6 cm³/mol. The standard InChI is InChI=1S/C15H18N2O5S.ClH/c1-10-14(8-13(22-10)15(18)21-2)23(19,20)17-9-12(16)11-6-4-3-5-7-11;/h3-8,12,17H,9,16H2,1-2H3;1H. The van der Waals surface area contributed by atoms with Gasteiger partial charge in [0.05, 0.1) is 7.11 Å². The molecule has 1 unspecified atom stereocenters. The summed E-state index contributed by atoms with van der Waals surface area (Å²) in [6.07, 6.45) is 0. The van der Waals surface area contributed by atoms with E-state index in [-0.39, 0.29) is 35.4 Å². The fourth-order valence-corrected chi connectivity index (χ4v) is 3.27. The van der Waals surface area contributed by atoms with Crippen LogP contribution in [0.3, 0.4) is 0 Å². The van der Waals surface area contributed by atoms with Gasteiger partial charge in [0, 0.05) is 18.7 Å². The highest BCUT2D eigenvalue weighted by molar-refractivity contribution is 7.89. The average molecular weight is 375 g/mol. The van der Waals surface area contributed by atoms with Crippen molar-refractivity contribution in [3.05, 3.63) is 53.5 Å². The van der Waals surface area contributed by atoms with Crippen LogP contribution in [0.5, 0.6) is 0 Å². The molecule has 24 heavy (non-hydrogen) atoms. The topological polar surface area (TPSA) is 112 Å². The molecule has 0 aliphatic carbocycles. The number of methoxy groups -OCH3 is 1. The first kappa shape index (κ1) is 20.2. The highest BCUT2D eigenvalue weighted by atomic mass is 35.5. The fourth-order valence-electron chi connectivity index (χ4n) is 2.03. The van der Waals surface area contributed by atoms with E-state index in [1.54, 1.807) is 0 Å². The maximum Gasteiger partial charge on any atom is 0.373 e. The number of hydrogen-bond acceptors (Lipinski definition) is 6. The highest BCUT2D eigenvalue weighted by Gasteiger charge is 2.24. The van der Waals surface area contributed by atoms with Crippen molar-refractivity contribution in [1.82, 2.24) is 4.72 Å². The lowest BCUT2D eigenvalue weighted by atomic mass is 10.1. The molecule has 1 atom stereocenters. The maximum absolute atomic E-state index is 12.3. The van der Waals surface area contributed by atoms with Gasteiger partial charge in [0.25, 0.3) is 0 Å². The molecule has 1 aromatic carbocycles. The number of furan rings is 1. The first-order valence-electron chi connectivity index (χ1n) is 6.84. The molecule has 0 amide bonds. The Hall–Kier alpha value is -1.87. The second kappa shape index (κ2) is 8.29. The van der Waals surface area contributed by atoms with Gasteiger partial charge in [-0.25, -0.2) is 17.9 Å². The summed E-state index contributed by atoms with van der Waals surface area (Å²) >= 11 is 0. The third-order valence-electron chi connectivity index (χ3n) is 3.27. The van der Waals surface area contributed by atoms with Gasteiger partial charge in [-0.2, -0.15) is 0 Å². The van der Waals surface area contributed by atoms with E-state index in [0.717, 1.165) is 11.6 Å². The summed E-state index contributed by atoms with van der Waals surface area (Å²) in [6.45, 7) is 1.47. The van der Waals surface area contributed by atoms with Crippen LogP contribution in [0.2, 0.25) is 0 Å². The van der Waals surface area contributed by atoms with Crippen molar-refractivity contribution in [2.75, 3.05) is 13.7 Å². The summed E-state index contributed by atoms with van der Waals surface area (Å²) in [5.41, 5.74) is 6.78. The summed E-state index contributed by atoms with van der Waals surface area (Å²) in [7, 11) is -2.66. The van der Waals surface area contributed by atoms with Crippen LogP contribution in [0.25, 0.3) is 0 Å². The molecule has 0 spiro atoms. The summed E-state index contributed by atoms with van der Waals surface area (Å²) < 4.78 is 36.7. The molecule has 0 saturated carbocycles. The van der Waals surface area contributed by atoms with Gasteiger partial charge in [0.1, 0.15) is 10.7 Å². The molecule has 1 heterocycles. The van der Waals surface area contributed by atoms with Crippen LogP contribution in [0.1, 0.15) is 27.9 Å². The maximum atomic E-state index is 12.3. The van der Waals surface area contributed by atoms with Gasteiger partial charge < -0.3 is 14.9 Å². The van der Waals surface area contributed by atoms with Crippen molar-refractivity contribution in [3.63, 3.8) is 0 Å². The molecule has 0 radical (unpaired) electrons. The smallest absolute Gasteiger partial charge is 0.373 e. The minimum Gasteiger partial charge on any atom is -0.463 e. The third kappa shape index (κ3) is 4.57. The summed E-state index contributed by atoms with van der Waals surface area (Å²) in [5, 5.41) is 0. The number of carbonyl (C=O) groups excluding carboxylic acids is 1. The molecule has 0 fully saturated rings. The van der Waals surface area contributed by atoms with E-state index in [1.807, 2.05) is 30.3 Å². The number of sulfonamides is 1. The molecule has 9 heteroatoms. The van der Waals surface area contributed by atoms with Gasteiger partial charge in [-0.1, -0.05) is 30.3 Å². The Balaban J connectivity index is 0.00000288. The predicted octanol–water partition coefficient (Wildman–Crippen LogP) is 1.77. The molecule has 2 rings (SSSR count). The van der Waals surface area contributed by atoms with Crippen LogP contribution < -0.4 is 10.5 Å². The molecule has 0 saturated heterocycles. The van der Waals surface area contributed by atoms with E-state index in [1.165, 1.54) is 14.0 Å². The van der Waals surface area contributed by atoms with Gasteiger partial charge in [0.2, 0.25) is 15.8 Å². The second-order valence-corrected chi connectivity index (χ2v) is 6.63. The van der Waals surface area contributed by atoms with Crippen molar-refractivity contribution < 1.29 is 22.4 Å². The molecule has 3 N–H and O–H groups in total. The molecule has 0 bridgehead atoms. The Morgan fingerprint density at radius 2 is 1.96 bits per heavy atom. The van der Waals surface area contributed by atoms with Gasteiger partial charge in [0.15, 0.2) is 0 Å². The number of ether oxygens (including phenoxy) is 1. The lowest BCUT2D eigenvalue weighted by Gasteiger charge is -2.13. The van der Waals surface area contributed by atoms with Gasteiger partial charge >= 0.3 is 5.97 Å². The fraction of sp³-hybridized carbons (Fsp3) is 0.267. The second-order valence-electron chi connectivity index (χ2n) is 4.89. The van der Waals surface area contributed by atoms with Crippen LogP contribution in [0, 0.1) is 6.92 Å². The largest absolute Gasteiger partial charge is 0.463 e. The summed E-state index contributed by atoms with van der Waals surface area (Å²) in [5.74, 6) is -0.806. The quantitative estimate of drug-likeness (QED) is 0.745.